The molecule has 0 amide bonds. The van der Waals surface area contributed by atoms with Crippen molar-refractivity contribution in [3.8, 4) is 11.5 Å². The highest BCUT2D eigenvalue weighted by Crippen LogP contribution is 2.37. The average molecular weight is 489 g/mol. The summed E-state index contributed by atoms with van der Waals surface area (Å²) in [6, 6.07) is 12.1. The number of sulfonamides is 1. The molecule has 0 saturated heterocycles. The predicted octanol–water partition coefficient (Wildman–Crippen LogP) is 5.25. The minimum atomic E-state index is -3.94. The van der Waals surface area contributed by atoms with Crippen LogP contribution in [0.3, 0.4) is 0 Å². The summed E-state index contributed by atoms with van der Waals surface area (Å²) < 4.78 is 33.7. The lowest BCUT2D eigenvalue weighted by atomic mass is 10.2. The van der Waals surface area contributed by atoms with Gasteiger partial charge in [0.2, 0.25) is 5.89 Å². The number of aromatic nitrogens is 2. The van der Waals surface area contributed by atoms with E-state index >= 15 is 0 Å². The third-order valence-electron chi connectivity index (χ3n) is 4.14. The summed E-state index contributed by atoms with van der Waals surface area (Å²) in [5.41, 5.74) is 0.564. The second-order valence-electron chi connectivity index (χ2n) is 6.35. The van der Waals surface area contributed by atoms with Gasteiger partial charge in [0.1, 0.15) is 12.5 Å². The normalized spacial score (nSPS) is 11.3. The zero-order valence-corrected chi connectivity index (χ0v) is 18.4. The van der Waals surface area contributed by atoms with Crippen LogP contribution in [0.1, 0.15) is 0 Å². The second kappa shape index (κ2) is 8.99. The summed E-state index contributed by atoms with van der Waals surface area (Å²) in [6.45, 7) is 0. The van der Waals surface area contributed by atoms with Crippen LogP contribution in [0.15, 0.2) is 92.5 Å². The minimum Gasteiger partial charge on any atom is -0.444 e. The zero-order valence-electron chi connectivity index (χ0n) is 16.0. The first-order chi connectivity index (χ1) is 15.3. The van der Waals surface area contributed by atoms with Gasteiger partial charge in [0, 0.05) is 27.1 Å². The van der Waals surface area contributed by atoms with Crippen LogP contribution in [-0.4, -0.2) is 23.3 Å². The van der Waals surface area contributed by atoms with Crippen LogP contribution in [0.4, 0.5) is 11.4 Å². The van der Waals surface area contributed by atoms with Crippen molar-refractivity contribution in [2.75, 3.05) is 4.72 Å². The number of rotatable bonds is 7. The molecule has 9 nitrogen and oxygen atoms in total. The smallest absolute Gasteiger partial charge is 0.288 e. The van der Waals surface area contributed by atoms with Crippen molar-refractivity contribution in [3.05, 3.63) is 88.5 Å². The minimum absolute atomic E-state index is 0.0211. The molecule has 0 radical (unpaired) electrons. The van der Waals surface area contributed by atoms with E-state index in [4.69, 9.17) is 16.0 Å². The Morgan fingerprint density at radius 2 is 1.97 bits per heavy atom. The van der Waals surface area contributed by atoms with Gasteiger partial charge in [0.05, 0.1) is 27.3 Å². The van der Waals surface area contributed by atoms with Crippen molar-refractivity contribution in [3.63, 3.8) is 0 Å². The van der Waals surface area contributed by atoms with Gasteiger partial charge >= 0.3 is 0 Å². The van der Waals surface area contributed by atoms with Crippen molar-refractivity contribution in [2.24, 2.45) is 0 Å². The third-order valence-corrected chi connectivity index (χ3v) is 6.79. The Hall–Kier alpha value is -3.41. The molecule has 12 heteroatoms. The molecule has 2 aromatic heterocycles. The Morgan fingerprint density at radius 3 is 2.69 bits per heavy atom. The molecule has 1 N–H and O–H groups in total. The molecule has 162 valence electrons. The summed E-state index contributed by atoms with van der Waals surface area (Å²) in [7, 11) is -3.94. The van der Waals surface area contributed by atoms with Crippen molar-refractivity contribution in [2.45, 2.75) is 14.7 Å². The standard InChI is InChI=1S/C20H13ClN4O5S2/c21-13-2-1-3-14(8-13)24-32(28,29)17-4-5-19(18(10-17)20-23-6-7-30-20)31-16-9-15(25(26)27)11-22-12-16/h1-12,24H. The number of hydrogen-bond acceptors (Lipinski definition) is 8. The van der Waals surface area contributed by atoms with Crippen molar-refractivity contribution in [1.82, 2.24) is 9.97 Å². The Bertz CT molecular complexity index is 1390. The van der Waals surface area contributed by atoms with E-state index in [9.17, 15) is 18.5 Å². The fourth-order valence-electron chi connectivity index (χ4n) is 2.74. The molecule has 0 spiro atoms. The summed E-state index contributed by atoms with van der Waals surface area (Å²) in [5, 5.41) is 11.4. The highest BCUT2D eigenvalue weighted by atomic mass is 35.5. The van der Waals surface area contributed by atoms with Crippen LogP contribution in [0.2, 0.25) is 5.02 Å². The van der Waals surface area contributed by atoms with E-state index in [1.54, 1.807) is 24.3 Å². The van der Waals surface area contributed by atoms with E-state index in [1.807, 2.05) is 0 Å². The van der Waals surface area contributed by atoms with E-state index in [-0.39, 0.29) is 16.5 Å². The molecule has 0 aliphatic heterocycles. The third kappa shape index (κ3) is 4.90. The lowest BCUT2D eigenvalue weighted by Crippen LogP contribution is -2.13. The average Bonchev–Trinajstić information content (AvgIpc) is 3.28. The van der Waals surface area contributed by atoms with Gasteiger partial charge in [-0.25, -0.2) is 13.4 Å². The second-order valence-corrected chi connectivity index (χ2v) is 9.58. The number of anilines is 1. The Kier molecular flexibility index (Phi) is 6.12. The van der Waals surface area contributed by atoms with Crippen LogP contribution in [0.5, 0.6) is 0 Å². The fraction of sp³-hybridized carbons (Fsp3) is 0. The zero-order chi connectivity index (χ0) is 22.7. The van der Waals surface area contributed by atoms with Gasteiger partial charge in [-0.15, -0.1) is 0 Å². The van der Waals surface area contributed by atoms with E-state index in [0.29, 0.717) is 26.1 Å². The topological polar surface area (TPSA) is 128 Å². The first kappa shape index (κ1) is 21.8. The van der Waals surface area contributed by atoms with E-state index in [1.165, 1.54) is 54.7 Å². The highest BCUT2D eigenvalue weighted by molar-refractivity contribution is 7.99. The van der Waals surface area contributed by atoms with Gasteiger partial charge in [-0.1, -0.05) is 29.4 Å². The van der Waals surface area contributed by atoms with Crippen molar-refractivity contribution >= 4 is 44.8 Å². The van der Waals surface area contributed by atoms with Gasteiger partial charge in [-0.2, -0.15) is 0 Å². The molecule has 0 fully saturated rings. The summed E-state index contributed by atoms with van der Waals surface area (Å²) in [5.74, 6) is 0.200. The lowest BCUT2D eigenvalue weighted by molar-refractivity contribution is -0.385. The monoisotopic (exact) mass is 488 g/mol. The molecule has 0 saturated carbocycles. The molecule has 2 aromatic carbocycles. The molecule has 0 bridgehead atoms. The molecule has 2 heterocycles. The summed E-state index contributed by atoms with van der Waals surface area (Å²) in [6.07, 6.45) is 5.42. The molecule has 0 atom stereocenters. The largest absolute Gasteiger partial charge is 0.444 e. The van der Waals surface area contributed by atoms with Gasteiger partial charge in [-0.3, -0.25) is 19.8 Å². The fourth-order valence-corrected chi connectivity index (χ4v) is 4.95. The van der Waals surface area contributed by atoms with Gasteiger partial charge in [0.15, 0.2) is 0 Å². The van der Waals surface area contributed by atoms with Crippen LogP contribution in [0, 0.1) is 10.1 Å². The van der Waals surface area contributed by atoms with Gasteiger partial charge in [-0.05, 0) is 36.4 Å². The number of halogens is 1. The Balaban J connectivity index is 1.72. The predicted molar refractivity (Wildman–Crippen MR) is 119 cm³/mol. The van der Waals surface area contributed by atoms with Crippen molar-refractivity contribution < 1.29 is 17.8 Å². The number of nitrogens with one attached hydrogen (secondary N) is 1. The number of benzene rings is 2. The molecule has 4 aromatic rings. The molecular formula is C20H13ClN4O5S2. The first-order valence-electron chi connectivity index (χ1n) is 8.91. The quantitative estimate of drug-likeness (QED) is 0.276. The summed E-state index contributed by atoms with van der Waals surface area (Å²) >= 11 is 7.11. The first-order valence-corrected chi connectivity index (χ1v) is 11.6. The molecule has 0 unspecified atom stereocenters. The number of nitrogens with zero attached hydrogens (tertiary/aromatic N) is 3. The van der Waals surface area contributed by atoms with E-state index in [2.05, 4.69) is 14.7 Å². The maximum atomic E-state index is 12.9. The van der Waals surface area contributed by atoms with Crippen LogP contribution < -0.4 is 4.72 Å². The number of nitro groups is 1. The number of pyridine rings is 1. The lowest BCUT2D eigenvalue weighted by Gasteiger charge is -2.12. The maximum absolute atomic E-state index is 12.9. The molecular weight excluding hydrogens is 476 g/mol. The highest BCUT2D eigenvalue weighted by Gasteiger charge is 2.20. The SMILES string of the molecule is O=[N+]([O-])c1cncc(Sc2ccc(S(=O)(=O)Nc3cccc(Cl)c3)cc2-c2ncco2)c1. The van der Waals surface area contributed by atoms with Crippen LogP contribution >= 0.6 is 23.4 Å². The number of hydrogen-bond donors (Lipinski definition) is 1. The molecule has 4 rings (SSSR count). The van der Waals surface area contributed by atoms with Gasteiger partial charge in [0.25, 0.3) is 15.7 Å². The maximum Gasteiger partial charge on any atom is 0.288 e. The van der Waals surface area contributed by atoms with Crippen molar-refractivity contribution in [1.29, 1.82) is 0 Å². The Morgan fingerprint density at radius 1 is 1.12 bits per heavy atom. The van der Waals surface area contributed by atoms with Crippen LogP contribution in [0.25, 0.3) is 11.5 Å². The van der Waals surface area contributed by atoms with E-state index in [0.717, 1.165) is 6.20 Å². The summed E-state index contributed by atoms with van der Waals surface area (Å²) in [4.78, 5) is 19.6. The molecule has 32 heavy (non-hydrogen) atoms. The number of oxazole rings is 1. The van der Waals surface area contributed by atoms with E-state index < -0.39 is 14.9 Å². The molecule has 0 aliphatic rings. The van der Waals surface area contributed by atoms with Gasteiger partial charge < -0.3 is 4.42 Å². The van der Waals surface area contributed by atoms with Crippen LogP contribution in [-0.2, 0) is 10.0 Å². The Labute approximate surface area is 191 Å². The molecule has 0 aliphatic carbocycles.